The number of hydrogen-bond acceptors (Lipinski definition) is 5. The van der Waals surface area contributed by atoms with Gasteiger partial charge in [-0.3, -0.25) is 0 Å². The Morgan fingerprint density at radius 2 is 2.16 bits per heavy atom. The minimum absolute atomic E-state index is 0.0146. The smallest absolute Gasteiger partial charge is 0.358 e. The third kappa shape index (κ3) is 2.81. The first-order chi connectivity index (χ1) is 8.79. The molecule has 7 heteroatoms. The Morgan fingerprint density at radius 3 is 2.63 bits per heavy atom. The molecule has 0 aliphatic rings. The predicted octanol–water partition coefficient (Wildman–Crippen LogP) is 2.09. The van der Waals surface area contributed by atoms with Crippen molar-refractivity contribution in [3.63, 3.8) is 0 Å². The van der Waals surface area contributed by atoms with Crippen molar-refractivity contribution in [2.75, 3.05) is 0 Å². The minimum atomic E-state index is -1.05. The molecule has 0 bridgehead atoms. The summed E-state index contributed by atoms with van der Waals surface area (Å²) >= 11 is 1.53. The molecule has 0 saturated heterocycles. The normalized spacial score (nSPS) is 11.8. The molecule has 1 N–H and O–H groups in total. The number of carboxylic acids is 1. The summed E-state index contributed by atoms with van der Waals surface area (Å²) in [5.74, 6) is -1.05. The van der Waals surface area contributed by atoms with Gasteiger partial charge in [0.25, 0.3) is 0 Å². The Balaban J connectivity index is 2.43. The van der Waals surface area contributed by atoms with Crippen LogP contribution in [0.2, 0.25) is 0 Å². The van der Waals surface area contributed by atoms with Gasteiger partial charge in [-0.2, -0.15) is 0 Å². The number of aromatic carboxylic acids is 1. The second-order valence-electron chi connectivity index (χ2n) is 5.38. The fraction of sp³-hybridized carbons (Fsp3) is 0.500. The van der Waals surface area contributed by atoms with Crippen molar-refractivity contribution in [3.05, 3.63) is 27.5 Å². The molecule has 6 nitrogen and oxygen atoms in total. The standard InChI is InChI=1S/C12H16N4O2S/c1-7-6-19-8(13-7)5-16-10(12(2,3)4)9(11(17)18)14-15-16/h6H,5H2,1-4H3,(H,17,18). The lowest BCUT2D eigenvalue weighted by molar-refractivity contribution is 0.0687. The van der Waals surface area contributed by atoms with E-state index < -0.39 is 5.97 Å². The minimum Gasteiger partial charge on any atom is -0.476 e. The lowest BCUT2D eigenvalue weighted by Gasteiger charge is -2.19. The lowest BCUT2D eigenvalue weighted by atomic mass is 9.90. The fourth-order valence-electron chi connectivity index (χ4n) is 1.91. The van der Waals surface area contributed by atoms with Crippen molar-refractivity contribution in [3.8, 4) is 0 Å². The number of rotatable bonds is 3. The molecule has 0 aliphatic heterocycles. The highest BCUT2D eigenvalue weighted by Gasteiger charge is 2.29. The van der Waals surface area contributed by atoms with Crippen LogP contribution in [0.5, 0.6) is 0 Å². The summed E-state index contributed by atoms with van der Waals surface area (Å²) in [7, 11) is 0. The molecule has 2 aromatic heterocycles. The van der Waals surface area contributed by atoms with Crippen LogP contribution in [-0.4, -0.2) is 31.1 Å². The van der Waals surface area contributed by atoms with Crippen LogP contribution in [0.1, 0.15) is 47.7 Å². The summed E-state index contributed by atoms with van der Waals surface area (Å²) in [4.78, 5) is 15.6. The van der Waals surface area contributed by atoms with Gasteiger partial charge in [-0.15, -0.1) is 16.4 Å². The Morgan fingerprint density at radius 1 is 1.47 bits per heavy atom. The Hall–Kier alpha value is -1.76. The second-order valence-corrected chi connectivity index (χ2v) is 6.32. The molecule has 0 aromatic carbocycles. The average molecular weight is 280 g/mol. The Bertz CT molecular complexity index is 610. The quantitative estimate of drug-likeness (QED) is 0.931. The molecule has 0 amide bonds. The maximum atomic E-state index is 11.2. The van der Waals surface area contributed by atoms with E-state index in [2.05, 4.69) is 15.3 Å². The van der Waals surface area contributed by atoms with E-state index in [0.717, 1.165) is 10.7 Å². The molecule has 2 rings (SSSR count). The van der Waals surface area contributed by atoms with Gasteiger partial charge in [0.1, 0.15) is 5.01 Å². The van der Waals surface area contributed by atoms with Crippen LogP contribution in [0.25, 0.3) is 0 Å². The first-order valence-corrected chi connectivity index (χ1v) is 6.75. The summed E-state index contributed by atoms with van der Waals surface area (Å²) in [6, 6.07) is 0. The first kappa shape index (κ1) is 13.7. The third-order valence-corrected chi connectivity index (χ3v) is 3.55. The molecule has 2 heterocycles. The van der Waals surface area contributed by atoms with Crippen molar-refractivity contribution >= 4 is 17.3 Å². The highest BCUT2D eigenvalue weighted by atomic mass is 32.1. The van der Waals surface area contributed by atoms with E-state index in [1.807, 2.05) is 33.1 Å². The summed E-state index contributed by atoms with van der Waals surface area (Å²) in [5, 5.41) is 19.8. The van der Waals surface area contributed by atoms with Gasteiger partial charge in [0.05, 0.1) is 12.2 Å². The van der Waals surface area contributed by atoms with Crippen LogP contribution < -0.4 is 0 Å². The molecule has 0 aliphatic carbocycles. The van der Waals surface area contributed by atoms with Gasteiger partial charge in [-0.05, 0) is 6.92 Å². The van der Waals surface area contributed by atoms with Crippen LogP contribution in [-0.2, 0) is 12.0 Å². The molecular formula is C12H16N4O2S. The molecule has 102 valence electrons. The van der Waals surface area contributed by atoms with E-state index in [4.69, 9.17) is 0 Å². The molecule has 2 aromatic rings. The zero-order chi connectivity index (χ0) is 14.2. The van der Waals surface area contributed by atoms with Crippen molar-refractivity contribution in [2.45, 2.75) is 39.7 Å². The zero-order valence-electron chi connectivity index (χ0n) is 11.3. The molecule has 0 radical (unpaired) electrons. The summed E-state index contributed by atoms with van der Waals surface area (Å²) < 4.78 is 1.63. The van der Waals surface area contributed by atoms with E-state index in [-0.39, 0.29) is 11.1 Å². The largest absolute Gasteiger partial charge is 0.476 e. The van der Waals surface area contributed by atoms with E-state index >= 15 is 0 Å². The highest BCUT2D eigenvalue weighted by molar-refractivity contribution is 7.09. The van der Waals surface area contributed by atoms with Gasteiger partial charge < -0.3 is 5.11 Å². The van der Waals surface area contributed by atoms with E-state index in [9.17, 15) is 9.90 Å². The van der Waals surface area contributed by atoms with Crippen molar-refractivity contribution in [2.24, 2.45) is 0 Å². The maximum absolute atomic E-state index is 11.2. The molecule has 0 atom stereocenters. The number of carboxylic acid groups (broad SMARTS) is 1. The van der Waals surface area contributed by atoms with E-state index in [1.54, 1.807) is 4.68 Å². The Labute approximate surface area is 115 Å². The van der Waals surface area contributed by atoms with E-state index in [0.29, 0.717) is 12.2 Å². The number of aryl methyl sites for hydroxylation is 1. The number of aromatic nitrogens is 4. The van der Waals surface area contributed by atoms with Crippen LogP contribution in [0.15, 0.2) is 5.38 Å². The Kier molecular flexibility index (Phi) is 3.40. The fourth-order valence-corrected chi connectivity index (χ4v) is 2.67. The van der Waals surface area contributed by atoms with Crippen molar-refractivity contribution in [1.82, 2.24) is 20.0 Å². The van der Waals surface area contributed by atoms with Gasteiger partial charge in [-0.1, -0.05) is 26.0 Å². The molecule has 0 unspecified atom stereocenters. The lowest BCUT2D eigenvalue weighted by Crippen LogP contribution is -2.22. The number of thiazole rings is 1. The summed E-state index contributed by atoms with van der Waals surface area (Å²) in [5.41, 5.74) is 1.24. The van der Waals surface area contributed by atoms with Crippen molar-refractivity contribution < 1.29 is 9.90 Å². The van der Waals surface area contributed by atoms with Crippen molar-refractivity contribution in [1.29, 1.82) is 0 Å². The van der Waals surface area contributed by atoms with Crippen LogP contribution in [0.3, 0.4) is 0 Å². The SMILES string of the molecule is Cc1csc(Cn2nnc(C(=O)O)c2C(C)(C)C)n1. The molecule has 0 spiro atoms. The zero-order valence-corrected chi connectivity index (χ0v) is 12.2. The monoisotopic (exact) mass is 280 g/mol. The predicted molar refractivity (Wildman–Crippen MR) is 71.6 cm³/mol. The van der Waals surface area contributed by atoms with Crippen LogP contribution in [0.4, 0.5) is 0 Å². The molecule has 0 fully saturated rings. The first-order valence-electron chi connectivity index (χ1n) is 5.87. The highest BCUT2D eigenvalue weighted by Crippen LogP contribution is 2.25. The van der Waals surface area contributed by atoms with Gasteiger partial charge in [0.2, 0.25) is 0 Å². The molecular weight excluding hydrogens is 264 g/mol. The third-order valence-electron chi connectivity index (χ3n) is 2.60. The number of carbonyl (C=O) groups is 1. The summed E-state index contributed by atoms with van der Waals surface area (Å²) in [6.45, 7) is 8.21. The van der Waals surface area contributed by atoms with Gasteiger partial charge in [-0.25, -0.2) is 14.5 Å². The topological polar surface area (TPSA) is 80.9 Å². The van der Waals surface area contributed by atoms with Crippen LogP contribution in [0, 0.1) is 6.92 Å². The number of nitrogens with zero attached hydrogens (tertiary/aromatic N) is 4. The number of hydrogen-bond donors (Lipinski definition) is 1. The average Bonchev–Trinajstić information content (AvgIpc) is 2.84. The molecule has 0 saturated carbocycles. The van der Waals surface area contributed by atoms with Gasteiger partial charge in [0.15, 0.2) is 5.69 Å². The second kappa shape index (κ2) is 4.73. The van der Waals surface area contributed by atoms with E-state index in [1.165, 1.54) is 11.3 Å². The van der Waals surface area contributed by atoms with Gasteiger partial charge in [0, 0.05) is 16.5 Å². The van der Waals surface area contributed by atoms with Gasteiger partial charge >= 0.3 is 5.97 Å². The molecule has 19 heavy (non-hydrogen) atoms. The van der Waals surface area contributed by atoms with Crippen LogP contribution >= 0.6 is 11.3 Å². The summed E-state index contributed by atoms with van der Waals surface area (Å²) in [6.07, 6.45) is 0. The maximum Gasteiger partial charge on any atom is 0.358 e.